The molecule has 0 fully saturated rings. The maximum Gasteiger partial charge on any atom is 0.124 e. The van der Waals surface area contributed by atoms with Crippen LogP contribution < -0.4 is 5.73 Å². The van der Waals surface area contributed by atoms with Crippen LogP contribution in [0.25, 0.3) is 0 Å². The second kappa shape index (κ2) is 3.79. The Bertz CT molecular complexity index is 291. The van der Waals surface area contributed by atoms with Crippen LogP contribution in [0.1, 0.15) is 25.1 Å². The van der Waals surface area contributed by atoms with Gasteiger partial charge in [-0.3, -0.25) is 4.68 Å². The number of aryl methyl sites for hydroxylation is 1. The maximum atomic E-state index is 5.75. The van der Waals surface area contributed by atoms with Gasteiger partial charge in [0.15, 0.2) is 0 Å². The van der Waals surface area contributed by atoms with E-state index in [1.807, 2.05) is 27.8 Å². The summed E-state index contributed by atoms with van der Waals surface area (Å²) < 4.78 is 7.12. The summed E-state index contributed by atoms with van der Waals surface area (Å²) in [6, 6.07) is 0. The standard InChI is InChI=1S/C9H17N3O/c1-6(2)13-5-8-7(3)9(10)12(4)11-8/h6H,5,10H2,1-4H3. The van der Waals surface area contributed by atoms with Gasteiger partial charge < -0.3 is 10.5 Å². The van der Waals surface area contributed by atoms with Crippen LogP contribution in [-0.4, -0.2) is 15.9 Å². The van der Waals surface area contributed by atoms with Gasteiger partial charge in [0.2, 0.25) is 0 Å². The molecule has 0 saturated carbocycles. The Kier molecular flexibility index (Phi) is 2.93. The second-order valence-electron chi connectivity index (χ2n) is 3.44. The lowest BCUT2D eigenvalue weighted by atomic mass is 10.2. The zero-order chi connectivity index (χ0) is 10.0. The first-order chi connectivity index (χ1) is 6.02. The topological polar surface area (TPSA) is 53.1 Å². The van der Waals surface area contributed by atoms with Gasteiger partial charge in [0.25, 0.3) is 0 Å². The minimum absolute atomic E-state index is 0.225. The van der Waals surface area contributed by atoms with Gasteiger partial charge in [0, 0.05) is 12.6 Å². The Labute approximate surface area is 78.7 Å². The largest absolute Gasteiger partial charge is 0.384 e. The molecule has 4 nitrogen and oxygen atoms in total. The summed E-state index contributed by atoms with van der Waals surface area (Å²) in [6.07, 6.45) is 0.225. The molecule has 0 radical (unpaired) electrons. The first-order valence-electron chi connectivity index (χ1n) is 4.42. The van der Waals surface area contributed by atoms with Crippen LogP contribution in [0.4, 0.5) is 5.82 Å². The predicted octanol–water partition coefficient (Wildman–Crippen LogP) is 1.24. The van der Waals surface area contributed by atoms with E-state index in [0.29, 0.717) is 12.4 Å². The molecule has 0 bridgehead atoms. The number of rotatable bonds is 3. The van der Waals surface area contributed by atoms with Crippen molar-refractivity contribution in [3.63, 3.8) is 0 Å². The van der Waals surface area contributed by atoms with Gasteiger partial charge >= 0.3 is 0 Å². The normalized spacial score (nSPS) is 11.2. The SMILES string of the molecule is Cc1c(COC(C)C)nn(C)c1N. The van der Waals surface area contributed by atoms with Crippen molar-refractivity contribution in [2.45, 2.75) is 33.5 Å². The van der Waals surface area contributed by atoms with Crippen LogP contribution in [0.3, 0.4) is 0 Å². The molecule has 0 unspecified atom stereocenters. The zero-order valence-corrected chi connectivity index (χ0v) is 8.66. The third-order valence-corrected chi connectivity index (χ3v) is 1.99. The molecule has 0 saturated heterocycles. The van der Waals surface area contributed by atoms with Crippen LogP contribution in [-0.2, 0) is 18.4 Å². The van der Waals surface area contributed by atoms with Crippen molar-refractivity contribution in [2.75, 3.05) is 5.73 Å². The Balaban J connectivity index is 2.72. The van der Waals surface area contributed by atoms with Crippen LogP contribution in [0.5, 0.6) is 0 Å². The summed E-state index contributed by atoms with van der Waals surface area (Å²) in [6.45, 7) is 6.50. The Hall–Kier alpha value is -1.03. The molecule has 13 heavy (non-hydrogen) atoms. The average Bonchev–Trinajstić information content (AvgIpc) is 2.29. The molecule has 0 aliphatic heterocycles. The van der Waals surface area contributed by atoms with E-state index in [4.69, 9.17) is 10.5 Å². The fraction of sp³-hybridized carbons (Fsp3) is 0.667. The van der Waals surface area contributed by atoms with E-state index < -0.39 is 0 Å². The molecule has 0 aliphatic carbocycles. The Morgan fingerprint density at radius 1 is 1.54 bits per heavy atom. The zero-order valence-electron chi connectivity index (χ0n) is 8.66. The Morgan fingerprint density at radius 2 is 2.15 bits per heavy atom. The molecule has 74 valence electrons. The van der Waals surface area contributed by atoms with Crippen LogP contribution in [0.15, 0.2) is 0 Å². The summed E-state index contributed by atoms with van der Waals surface area (Å²) in [4.78, 5) is 0. The molecule has 2 N–H and O–H groups in total. The third kappa shape index (κ3) is 2.21. The van der Waals surface area contributed by atoms with E-state index in [1.165, 1.54) is 0 Å². The van der Waals surface area contributed by atoms with Crippen molar-refractivity contribution in [3.05, 3.63) is 11.3 Å². The highest BCUT2D eigenvalue weighted by atomic mass is 16.5. The summed E-state index contributed by atoms with van der Waals surface area (Å²) in [5.41, 5.74) is 7.70. The van der Waals surface area contributed by atoms with Gasteiger partial charge in [0.1, 0.15) is 5.82 Å². The van der Waals surface area contributed by atoms with Gasteiger partial charge in [-0.15, -0.1) is 0 Å². The van der Waals surface area contributed by atoms with E-state index in [2.05, 4.69) is 5.10 Å². The maximum absolute atomic E-state index is 5.75. The summed E-state index contributed by atoms with van der Waals surface area (Å²) >= 11 is 0. The van der Waals surface area contributed by atoms with Gasteiger partial charge in [0.05, 0.1) is 18.4 Å². The number of anilines is 1. The van der Waals surface area contributed by atoms with Gasteiger partial charge in [-0.1, -0.05) is 0 Å². The second-order valence-corrected chi connectivity index (χ2v) is 3.44. The van der Waals surface area contributed by atoms with E-state index in [9.17, 15) is 0 Å². The molecule has 0 aromatic carbocycles. The number of hydrogen-bond donors (Lipinski definition) is 1. The van der Waals surface area contributed by atoms with E-state index in [1.54, 1.807) is 4.68 Å². The number of nitrogen functional groups attached to an aromatic ring is 1. The van der Waals surface area contributed by atoms with Crippen molar-refractivity contribution in [1.82, 2.24) is 9.78 Å². The number of nitrogens with zero attached hydrogens (tertiary/aromatic N) is 2. The molecule has 0 atom stereocenters. The summed E-state index contributed by atoms with van der Waals surface area (Å²) in [7, 11) is 1.83. The summed E-state index contributed by atoms with van der Waals surface area (Å²) in [5.74, 6) is 0.711. The molecule has 0 spiro atoms. The molecule has 0 aliphatic rings. The molecule has 0 amide bonds. The van der Waals surface area contributed by atoms with Gasteiger partial charge in [-0.25, -0.2) is 0 Å². The minimum atomic E-state index is 0.225. The van der Waals surface area contributed by atoms with Gasteiger partial charge in [-0.2, -0.15) is 5.10 Å². The van der Waals surface area contributed by atoms with Crippen LogP contribution in [0, 0.1) is 6.92 Å². The quantitative estimate of drug-likeness (QED) is 0.767. The lowest BCUT2D eigenvalue weighted by molar-refractivity contribution is 0.0630. The fourth-order valence-electron chi connectivity index (χ4n) is 1.08. The van der Waals surface area contributed by atoms with E-state index >= 15 is 0 Å². The first kappa shape index (κ1) is 10.1. The molecule has 1 aromatic heterocycles. The predicted molar refractivity (Wildman–Crippen MR) is 52.3 cm³/mol. The highest BCUT2D eigenvalue weighted by Gasteiger charge is 2.09. The lowest BCUT2D eigenvalue weighted by Crippen LogP contribution is -2.03. The molecule has 1 aromatic rings. The minimum Gasteiger partial charge on any atom is -0.384 e. The Morgan fingerprint density at radius 3 is 2.54 bits per heavy atom. The monoisotopic (exact) mass is 183 g/mol. The lowest BCUT2D eigenvalue weighted by Gasteiger charge is -2.05. The molecular weight excluding hydrogens is 166 g/mol. The smallest absolute Gasteiger partial charge is 0.124 e. The third-order valence-electron chi connectivity index (χ3n) is 1.99. The first-order valence-corrected chi connectivity index (χ1v) is 4.42. The van der Waals surface area contributed by atoms with Gasteiger partial charge in [-0.05, 0) is 20.8 Å². The van der Waals surface area contributed by atoms with E-state index in [0.717, 1.165) is 11.3 Å². The van der Waals surface area contributed by atoms with Crippen molar-refractivity contribution in [2.24, 2.45) is 7.05 Å². The van der Waals surface area contributed by atoms with Crippen LogP contribution >= 0.6 is 0 Å². The number of ether oxygens (including phenoxy) is 1. The fourth-order valence-corrected chi connectivity index (χ4v) is 1.08. The number of nitrogens with two attached hydrogens (primary N) is 1. The van der Waals surface area contributed by atoms with E-state index in [-0.39, 0.29) is 6.10 Å². The molecule has 1 rings (SSSR count). The van der Waals surface area contributed by atoms with Crippen molar-refractivity contribution in [1.29, 1.82) is 0 Å². The van der Waals surface area contributed by atoms with Crippen molar-refractivity contribution >= 4 is 5.82 Å². The number of aromatic nitrogens is 2. The van der Waals surface area contributed by atoms with Crippen LogP contribution in [0.2, 0.25) is 0 Å². The highest BCUT2D eigenvalue weighted by Crippen LogP contribution is 2.15. The highest BCUT2D eigenvalue weighted by molar-refractivity contribution is 5.41. The molecule has 1 heterocycles. The number of hydrogen-bond acceptors (Lipinski definition) is 3. The summed E-state index contributed by atoms with van der Waals surface area (Å²) in [5, 5.41) is 4.25. The molecular formula is C9H17N3O. The van der Waals surface area contributed by atoms with Crippen molar-refractivity contribution < 1.29 is 4.74 Å². The molecule has 4 heteroatoms. The van der Waals surface area contributed by atoms with Crippen molar-refractivity contribution in [3.8, 4) is 0 Å². The average molecular weight is 183 g/mol.